The predicted molar refractivity (Wildman–Crippen MR) is 198 cm³/mol. The molecule has 5 aromatic rings. The molecular formula is C40H47N7O3. The number of carbonyl (C=O) groups excluding carboxylic acids is 2. The summed E-state index contributed by atoms with van der Waals surface area (Å²) in [6.07, 6.45) is 4.73. The van der Waals surface area contributed by atoms with Crippen LogP contribution in [0.3, 0.4) is 0 Å². The number of fused-ring (bicyclic) bond motifs is 1. The fraction of sp³-hybridized carbons (Fsp3) is 0.325. The van der Waals surface area contributed by atoms with E-state index in [1.807, 2.05) is 43.3 Å². The van der Waals surface area contributed by atoms with E-state index >= 15 is 0 Å². The third-order valence-electron chi connectivity index (χ3n) is 9.17. The minimum atomic E-state index is -0.697. The SMILES string of the molecule is CC(NC(=O)[C@H](CCCNCc1ccccc1N1CCOCC1)NC(=O)c1ccc(CNCc2ncc[nH]2)cc1)c1cccc2ccccc12. The predicted octanol–water partition coefficient (Wildman–Crippen LogP) is 5.24. The minimum absolute atomic E-state index is 0.199. The van der Waals surface area contributed by atoms with Crippen LogP contribution in [0.5, 0.6) is 0 Å². The first-order valence-corrected chi connectivity index (χ1v) is 17.5. The van der Waals surface area contributed by atoms with Crippen LogP contribution in [0.1, 0.15) is 58.7 Å². The number of ether oxygens (including phenoxy) is 1. The lowest BCUT2D eigenvalue weighted by atomic mass is 9.99. The second kappa shape index (κ2) is 17.6. The van der Waals surface area contributed by atoms with Crippen molar-refractivity contribution in [1.29, 1.82) is 0 Å². The summed E-state index contributed by atoms with van der Waals surface area (Å²) in [6, 6.07) is 29.3. The van der Waals surface area contributed by atoms with Crippen LogP contribution >= 0.6 is 0 Å². The number of nitrogens with zero attached hydrogens (tertiary/aromatic N) is 2. The molecule has 10 nitrogen and oxygen atoms in total. The molecule has 0 bridgehead atoms. The van der Waals surface area contributed by atoms with Gasteiger partial charge in [0.25, 0.3) is 5.91 Å². The molecule has 6 rings (SSSR count). The zero-order valence-electron chi connectivity index (χ0n) is 28.7. The first kappa shape index (κ1) is 34.8. The summed E-state index contributed by atoms with van der Waals surface area (Å²) in [5.74, 6) is 0.397. The van der Waals surface area contributed by atoms with Crippen LogP contribution in [0.15, 0.2) is 103 Å². The van der Waals surface area contributed by atoms with Gasteiger partial charge in [-0.15, -0.1) is 0 Å². The molecule has 2 atom stereocenters. The van der Waals surface area contributed by atoms with E-state index in [0.717, 1.165) is 60.6 Å². The number of imidazole rings is 1. The van der Waals surface area contributed by atoms with E-state index in [2.05, 4.69) is 78.6 Å². The van der Waals surface area contributed by atoms with Gasteiger partial charge in [0, 0.05) is 49.8 Å². The molecule has 5 N–H and O–H groups in total. The topological polar surface area (TPSA) is 123 Å². The lowest BCUT2D eigenvalue weighted by Crippen LogP contribution is -2.47. The van der Waals surface area contributed by atoms with Crippen LogP contribution in [0, 0.1) is 0 Å². The van der Waals surface area contributed by atoms with Crippen molar-refractivity contribution in [2.45, 2.75) is 51.5 Å². The maximum absolute atomic E-state index is 13.8. The fourth-order valence-electron chi connectivity index (χ4n) is 6.45. The number of aromatic amines is 1. The number of anilines is 1. The lowest BCUT2D eigenvalue weighted by molar-refractivity contribution is -0.123. The summed E-state index contributed by atoms with van der Waals surface area (Å²) in [7, 11) is 0. The number of nitrogens with one attached hydrogen (secondary N) is 5. The highest BCUT2D eigenvalue weighted by Gasteiger charge is 2.24. The Balaban J connectivity index is 1.07. The Labute approximate surface area is 294 Å². The summed E-state index contributed by atoms with van der Waals surface area (Å²) < 4.78 is 5.54. The first-order chi connectivity index (χ1) is 24.5. The average molecular weight is 674 g/mol. The molecule has 1 aromatic heterocycles. The monoisotopic (exact) mass is 673 g/mol. The number of morpholine rings is 1. The molecule has 2 amide bonds. The molecule has 0 saturated carbocycles. The van der Waals surface area contributed by atoms with E-state index in [-0.39, 0.29) is 17.9 Å². The number of aromatic nitrogens is 2. The molecule has 50 heavy (non-hydrogen) atoms. The van der Waals surface area contributed by atoms with E-state index in [0.29, 0.717) is 38.0 Å². The number of hydrogen-bond acceptors (Lipinski definition) is 7. The lowest BCUT2D eigenvalue weighted by Gasteiger charge is -2.30. The van der Waals surface area contributed by atoms with Crippen LogP contribution in [0.2, 0.25) is 0 Å². The molecule has 1 fully saturated rings. The van der Waals surface area contributed by atoms with E-state index < -0.39 is 6.04 Å². The summed E-state index contributed by atoms with van der Waals surface area (Å²) in [6.45, 7) is 7.93. The second-order valence-electron chi connectivity index (χ2n) is 12.7. The standard InChI is InChI=1S/C40H47N7O3/c1-29(34-12-6-10-31-8-2-4-11-35(31)34)45-40(49)36(13-7-19-41-27-33-9-3-5-14-37(33)47-22-24-50-25-23-47)46-39(48)32-17-15-30(16-18-32)26-42-28-38-43-20-21-44-38/h2-6,8-12,14-18,20-21,29,36,41-42H,7,13,19,22-28H2,1H3,(H,43,44)(H,45,49)(H,46,48)/t29?,36-/m0/s1. The molecule has 260 valence electrons. The van der Waals surface area contributed by atoms with E-state index in [1.54, 1.807) is 24.5 Å². The molecule has 0 spiro atoms. The van der Waals surface area contributed by atoms with Crippen molar-refractivity contribution >= 4 is 28.3 Å². The Morgan fingerprint density at radius 1 is 0.860 bits per heavy atom. The second-order valence-corrected chi connectivity index (χ2v) is 12.7. The highest BCUT2D eigenvalue weighted by molar-refractivity contribution is 5.97. The summed E-state index contributed by atoms with van der Waals surface area (Å²) in [4.78, 5) is 37.0. The van der Waals surface area contributed by atoms with Crippen LogP contribution in [0.4, 0.5) is 5.69 Å². The van der Waals surface area contributed by atoms with Crippen LogP contribution in [0.25, 0.3) is 10.8 Å². The van der Waals surface area contributed by atoms with Gasteiger partial charge in [-0.05, 0) is 72.0 Å². The zero-order valence-corrected chi connectivity index (χ0v) is 28.7. The number of H-pyrrole nitrogens is 1. The van der Waals surface area contributed by atoms with Gasteiger partial charge in [0.05, 0.1) is 25.8 Å². The third-order valence-corrected chi connectivity index (χ3v) is 9.17. The van der Waals surface area contributed by atoms with Gasteiger partial charge < -0.3 is 35.9 Å². The molecule has 1 saturated heterocycles. The molecular weight excluding hydrogens is 626 g/mol. The van der Waals surface area contributed by atoms with Crippen molar-refractivity contribution in [2.75, 3.05) is 37.7 Å². The Kier molecular flexibility index (Phi) is 12.2. The Hall–Kier alpha value is -5.03. The van der Waals surface area contributed by atoms with Gasteiger partial charge in [0.15, 0.2) is 0 Å². The molecule has 1 aliphatic heterocycles. The number of carbonyl (C=O) groups is 2. The van der Waals surface area contributed by atoms with Crippen LogP contribution in [-0.2, 0) is 29.2 Å². The summed E-state index contributed by atoms with van der Waals surface area (Å²) >= 11 is 0. The molecule has 4 aromatic carbocycles. The fourth-order valence-corrected chi connectivity index (χ4v) is 6.45. The van der Waals surface area contributed by atoms with Crippen molar-refractivity contribution in [1.82, 2.24) is 31.2 Å². The summed E-state index contributed by atoms with van der Waals surface area (Å²) in [5, 5.41) is 15.4. The number of para-hydroxylation sites is 1. The molecule has 2 heterocycles. The highest BCUT2D eigenvalue weighted by Crippen LogP contribution is 2.25. The minimum Gasteiger partial charge on any atom is -0.378 e. The number of rotatable bonds is 16. The Bertz CT molecular complexity index is 1820. The van der Waals surface area contributed by atoms with E-state index in [4.69, 9.17) is 4.74 Å². The molecule has 10 heteroatoms. The molecule has 0 radical (unpaired) electrons. The molecule has 1 unspecified atom stereocenters. The summed E-state index contributed by atoms with van der Waals surface area (Å²) in [5.41, 5.74) is 5.07. The number of amides is 2. The molecule has 0 aliphatic carbocycles. The maximum atomic E-state index is 13.8. The van der Waals surface area contributed by atoms with Crippen molar-refractivity contribution in [3.05, 3.63) is 131 Å². The van der Waals surface area contributed by atoms with Gasteiger partial charge in [-0.25, -0.2) is 4.98 Å². The van der Waals surface area contributed by atoms with Crippen LogP contribution in [-0.4, -0.2) is 60.7 Å². The smallest absolute Gasteiger partial charge is 0.251 e. The third kappa shape index (κ3) is 9.35. The normalized spacial score (nSPS) is 14.3. The Morgan fingerprint density at radius 2 is 1.64 bits per heavy atom. The Morgan fingerprint density at radius 3 is 2.46 bits per heavy atom. The number of hydrogen-bond donors (Lipinski definition) is 5. The van der Waals surface area contributed by atoms with Gasteiger partial charge in [0.1, 0.15) is 11.9 Å². The van der Waals surface area contributed by atoms with Crippen molar-refractivity contribution < 1.29 is 14.3 Å². The van der Waals surface area contributed by atoms with Crippen molar-refractivity contribution in [3.63, 3.8) is 0 Å². The number of benzene rings is 4. The van der Waals surface area contributed by atoms with E-state index in [1.165, 1.54) is 11.3 Å². The highest BCUT2D eigenvalue weighted by atomic mass is 16.5. The maximum Gasteiger partial charge on any atom is 0.251 e. The van der Waals surface area contributed by atoms with Gasteiger partial charge in [-0.1, -0.05) is 72.8 Å². The zero-order chi connectivity index (χ0) is 34.5. The van der Waals surface area contributed by atoms with Gasteiger partial charge in [0.2, 0.25) is 5.91 Å². The van der Waals surface area contributed by atoms with Crippen molar-refractivity contribution in [2.24, 2.45) is 0 Å². The van der Waals surface area contributed by atoms with Crippen molar-refractivity contribution in [3.8, 4) is 0 Å². The quantitative estimate of drug-likeness (QED) is 0.0909. The van der Waals surface area contributed by atoms with Gasteiger partial charge in [-0.3, -0.25) is 9.59 Å². The first-order valence-electron chi connectivity index (χ1n) is 17.5. The van der Waals surface area contributed by atoms with E-state index in [9.17, 15) is 9.59 Å². The average Bonchev–Trinajstić information content (AvgIpc) is 3.68. The largest absolute Gasteiger partial charge is 0.378 e. The van der Waals surface area contributed by atoms with Gasteiger partial charge in [-0.2, -0.15) is 0 Å². The molecule has 1 aliphatic rings. The van der Waals surface area contributed by atoms with Gasteiger partial charge >= 0.3 is 0 Å². The van der Waals surface area contributed by atoms with Crippen LogP contribution < -0.4 is 26.2 Å².